The topological polar surface area (TPSA) is 91.4 Å². The van der Waals surface area contributed by atoms with Crippen LogP contribution in [-0.4, -0.2) is 37.2 Å². The van der Waals surface area contributed by atoms with Gasteiger partial charge >= 0.3 is 17.9 Å². The van der Waals surface area contributed by atoms with Crippen molar-refractivity contribution < 1.29 is 33.3 Å². The van der Waals surface area contributed by atoms with Gasteiger partial charge in [0.15, 0.2) is 0 Å². The van der Waals surface area contributed by atoms with Gasteiger partial charge in [-0.05, 0) is 86.5 Å². The Morgan fingerprint density at radius 3 is 2.21 bits per heavy atom. The summed E-state index contributed by atoms with van der Waals surface area (Å²) in [5.74, 6) is 0.568. The summed E-state index contributed by atoms with van der Waals surface area (Å²) in [6.07, 6.45) is 6.67. The fourth-order valence-electron chi connectivity index (χ4n) is 7.95. The summed E-state index contributed by atoms with van der Waals surface area (Å²) >= 11 is 0. The fourth-order valence-corrected chi connectivity index (χ4v) is 7.95. The molecular formula is C31H38O7. The molecule has 0 aromatic heterocycles. The van der Waals surface area contributed by atoms with Crippen LogP contribution in [0.1, 0.15) is 71.8 Å². The average molecular weight is 523 g/mol. The highest BCUT2D eigenvalue weighted by atomic mass is 16.6. The van der Waals surface area contributed by atoms with E-state index in [1.165, 1.54) is 21.0 Å². The van der Waals surface area contributed by atoms with Crippen LogP contribution in [0.3, 0.4) is 0 Å². The largest absolute Gasteiger partial charge is 0.469 e. The van der Waals surface area contributed by atoms with Crippen molar-refractivity contribution >= 4 is 28.7 Å². The maximum Gasteiger partial charge on any atom is 0.311 e. The molecule has 1 unspecified atom stereocenters. The first-order chi connectivity index (χ1) is 18.0. The lowest BCUT2D eigenvalue weighted by Crippen LogP contribution is -2.57. The number of esters is 3. The number of benzene rings is 2. The normalized spacial score (nSPS) is 31.9. The molecule has 7 heteroatoms. The Labute approximate surface area is 224 Å². The van der Waals surface area contributed by atoms with Crippen molar-refractivity contribution in [1.82, 2.24) is 0 Å². The fraction of sp³-hybridized carbons (Fsp3) is 0.581. The molecule has 1 spiro atoms. The van der Waals surface area contributed by atoms with Gasteiger partial charge in [0.05, 0.1) is 24.7 Å². The summed E-state index contributed by atoms with van der Waals surface area (Å²) in [7, 11) is 1.50. The van der Waals surface area contributed by atoms with E-state index in [1.807, 2.05) is 12.1 Å². The summed E-state index contributed by atoms with van der Waals surface area (Å²) < 4.78 is 22.3. The van der Waals surface area contributed by atoms with Crippen molar-refractivity contribution in [3.63, 3.8) is 0 Å². The summed E-state index contributed by atoms with van der Waals surface area (Å²) in [5.41, 5.74) is 0.532. The van der Waals surface area contributed by atoms with Gasteiger partial charge in [0.1, 0.15) is 11.5 Å². The number of ether oxygens (including phenoxy) is 4. The van der Waals surface area contributed by atoms with Gasteiger partial charge in [-0.25, -0.2) is 0 Å². The highest BCUT2D eigenvalue weighted by molar-refractivity contribution is 5.96. The third kappa shape index (κ3) is 4.49. The molecule has 204 valence electrons. The SMILES string of the molecule is COC(=O)[C@@]1(C)CCC[C@@]2(C)C1CC[C@@]1(CO1)[C@@H]2CCc1ccc2c(OC(C)=O)ccc(OC(C)=O)c2c1. The maximum atomic E-state index is 13.0. The number of hydrogen-bond acceptors (Lipinski definition) is 7. The molecular weight excluding hydrogens is 484 g/mol. The lowest BCUT2D eigenvalue weighted by Gasteiger charge is -2.58. The van der Waals surface area contributed by atoms with Gasteiger partial charge in [-0.15, -0.1) is 0 Å². The van der Waals surface area contributed by atoms with Crippen LogP contribution in [0.5, 0.6) is 11.5 Å². The Morgan fingerprint density at radius 1 is 0.947 bits per heavy atom. The molecule has 5 atom stereocenters. The zero-order valence-corrected chi connectivity index (χ0v) is 23.1. The van der Waals surface area contributed by atoms with E-state index < -0.39 is 17.4 Å². The first kappa shape index (κ1) is 26.7. The monoisotopic (exact) mass is 522 g/mol. The zero-order chi connectivity index (χ0) is 27.3. The number of fused-ring (bicyclic) bond motifs is 2. The number of epoxide rings is 1. The van der Waals surface area contributed by atoms with E-state index >= 15 is 0 Å². The van der Waals surface area contributed by atoms with Crippen LogP contribution in [0.25, 0.3) is 10.8 Å². The molecule has 2 aliphatic carbocycles. The molecule has 3 fully saturated rings. The highest BCUT2D eigenvalue weighted by Gasteiger charge is 2.66. The highest BCUT2D eigenvalue weighted by Crippen LogP contribution is 2.66. The molecule has 38 heavy (non-hydrogen) atoms. The van der Waals surface area contributed by atoms with Crippen molar-refractivity contribution in [2.75, 3.05) is 13.7 Å². The van der Waals surface area contributed by atoms with Gasteiger partial charge in [0.25, 0.3) is 0 Å². The average Bonchev–Trinajstić information content (AvgIpc) is 3.63. The van der Waals surface area contributed by atoms with Gasteiger partial charge in [-0.1, -0.05) is 25.5 Å². The second-order valence-electron chi connectivity index (χ2n) is 11.9. The van der Waals surface area contributed by atoms with Gasteiger partial charge in [0, 0.05) is 24.6 Å². The number of aryl methyl sites for hydroxylation is 1. The Kier molecular flexibility index (Phi) is 6.79. The predicted molar refractivity (Wildman–Crippen MR) is 142 cm³/mol. The predicted octanol–water partition coefficient (Wildman–Crippen LogP) is 5.79. The molecule has 2 aromatic carbocycles. The summed E-state index contributed by atoms with van der Waals surface area (Å²) in [5, 5.41) is 1.45. The lowest BCUT2D eigenvalue weighted by molar-refractivity contribution is -0.174. The third-order valence-electron chi connectivity index (χ3n) is 9.66. The number of methoxy groups -OCH3 is 1. The van der Waals surface area contributed by atoms with Gasteiger partial charge in [-0.2, -0.15) is 0 Å². The number of rotatable bonds is 6. The van der Waals surface area contributed by atoms with Crippen molar-refractivity contribution in [3.8, 4) is 11.5 Å². The van der Waals surface area contributed by atoms with Crippen LogP contribution in [-0.2, 0) is 30.3 Å². The molecule has 0 radical (unpaired) electrons. The Bertz CT molecular complexity index is 1280. The van der Waals surface area contributed by atoms with E-state index in [4.69, 9.17) is 18.9 Å². The van der Waals surface area contributed by atoms with Crippen LogP contribution >= 0.6 is 0 Å². The van der Waals surface area contributed by atoms with E-state index in [0.29, 0.717) is 17.4 Å². The molecule has 2 saturated carbocycles. The molecule has 5 rings (SSSR count). The summed E-state index contributed by atoms with van der Waals surface area (Å²) in [4.78, 5) is 36.3. The van der Waals surface area contributed by atoms with E-state index in [9.17, 15) is 14.4 Å². The van der Waals surface area contributed by atoms with Crippen LogP contribution in [0.2, 0.25) is 0 Å². The van der Waals surface area contributed by atoms with Crippen LogP contribution in [0, 0.1) is 22.7 Å². The number of hydrogen-bond donors (Lipinski definition) is 0. The minimum atomic E-state index is -0.467. The van der Waals surface area contributed by atoms with Crippen molar-refractivity contribution in [2.45, 2.75) is 78.2 Å². The Hall–Kier alpha value is -2.93. The maximum absolute atomic E-state index is 13.0. The van der Waals surface area contributed by atoms with Crippen molar-refractivity contribution in [2.24, 2.45) is 22.7 Å². The second-order valence-corrected chi connectivity index (χ2v) is 11.9. The first-order valence-electron chi connectivity index (χ1n) is 13.7. The molecule has 0 N–H and O–H groups in total. The Morgan fingerprint density at radius 2 is 1.61 bits per heavy atom. The summed E-state index contributed by atoms with van der Waals surface area (Å²) in [6.45, 7) is 8.00. The molecule has 0 amide bonds. The molecule has 1 aliphatic heterocycles. The standard InChI is InChI=1S/C31H38O7/c1-19(32)37-24-10-11-25(38-20(2)33)23-17-21(7-9-22(23)24)8-12-27-29(3)14-6-15-30(4,28(34)35-5)26(29)13-16-31(27)18-36-31/h7,9-11,17,26-27H,6,8,12-16,18H2,1-5H3/t26?,27-,29+,30+,31-/m1/s1. The van der Waals surface area contributed by atoms with Crippen LogP contribution in [0.15, 0.2) is 30.3 Å². The van der Waals surface area contributed by atoms with Gasteiger partial charge in [0.2, 0.25) is 0 Å². The molecule has 1 heterocycles. The number of carbonyl (C=O) groups excluding carboxylic acids is 3. The van der Waals surface area contributed by atoms with Crippen LogP contribution < -0.4 is 9.47 Å². The summed E-state index contributed by atoms with van der Waals surface area (Å²) in [6, 6.07) is 9.33. The molecule has 3 aliphatic rings. The lowest BCUT2D eigenvalue weighted by atomic mass is 9.45. The van der Waals surface area contributed by atoms with Crippen molar-refractivity contribution in [1.29, 1.82) is 0 Å². The van der Waals surface area contributed by atoms with Gasteiger partial charge in [-0.3, -0.25) is 14.4 Å². The van der Waals surface area contributed by atoms with Gasteiger partial charge < -0.3 is 18.9 Å². The first-order valence-corrected chi connectivity index (χ1v) is 13.7. The van der Waals surface area contributed by atoms with Crippen molar-refractivity contribution in [3.05, 3.63) is 35.9 Å². The van der Waals surface area contributed by atoms with Crippen LogP contribution in [0.4, 0.5) is 0 Å². The quantitative estimate of drug-likeness (QED) is 0.269. The van der Waals surface area contributed by atoms with E-state index in [1.54, 1.807) is 12.1 Å². The van der Waals surface area contributed by atoms with E-state index in [2.05, 4.69) is 19.9 Å². The van der Waals surface area contributed by atoms with E-state index in [0.717, 1.165) is 67.9 Å². The zero-order valence-electron chi connectivity index (χ0n) is 23.1. The smallest absolute Gasteiger partial charge is 0.311 e. The molecule has 2 aromatic rings. The minimum absolute atomic E-state index is 0.0157. The minimum Gasteiger partial charge on any atom is -0.469 e. The molecule has 1 saturated heterocycles. The number of carbonyl (C=O) groups is 3. The molecule has 7 nitrogen and oxygen atoms in total. The van der Waals surface area contributed by atoms with E-state index in [-0.39, 0.29) is 22.9 Å². The second kappa shape index (κ2) is 9.67. The molecule has 0 bridgehead atoms. The third-order valence-corrected chi connectivity index (χ3v) is 9.66. The Balaban J connectivity index is 1.45.